The minimum Gasteiger partial charge on any atom is -0.349 e. The number of hydrogen-bond donors (Lipinski definition) is 2. The van der Waals surface area contributed by atoms with E-state index in [2.05, 4.69) is 31.5 Å². The molecule has 0 spiro atoms. The third-order valence-electron chi connectivity index (χ3n) is 5.77. The summed E-state index contributed by atoms with van der Waals surface area (Å²) in [5, 5.41) is 8.29. The number of β-lactam (4-membered cyclic amide) rings is 1. The number of rotatable bonds is 5. The van der Waals surface area contributed by atoms with E-state index in [-0.39, 0.29) is 11.9 Å². The van der Waals surface area contributed by atoms with E-state index in [1.54, 1.807) is 17.2 Å². The van der Waals surface area contributed by atoms with Crippen LogP contribution in [0, 0.1) is 0 Å². The summed E-state index contributed by atoms with van der Waals surface area (Å²) in [7, 11) is 0. The van der Waals surface area contributed by atoms with Crippen LogP contribution in [0.1, 0.15) is 5.56 Å². The minimum atomic E-state index is -0.499. The Morgan fingerprint density at radius 2 is 1.83 bits per heavy atom. The lowest BCUT2D eigenvalue weighted by Crippen LogP contribution is -2.70. The number of pyridine rings is 1. The van der Waals surface area contributed by atoms with Gasteiger partial charge in [-0.3, -0.25) is 9.78 Å². The first kappa shape index (κ1) is 23.5. The quantitative estimate of drug-likeness (QED) is 0.216. The van der Waals surface area contributed by atoms with Gasteiger partial charge in [0.1, 0.15) is 6.04 Å². The molecule has 3 aromatic carbocycles. The average molecular weight is 564 g/mol. The summed E-state index contributed by atoms with van der Waals surface area (Å²) in [6.07, 6.45) is 5.75. The van der Waals surface area contributed by atoms with Crippen molar-refractivity contribution in [2.45, 2.75) is 12.1 Å². The average Bonchev–Trinajstić information content (AvgIpc) is 2.86. The monoisotopic (exact) mass is 562 g/mol. The fraction of sp³-hybridized carbons (Fsp3) is 0.0741. The summed E-state index contributed by atoms with van der Waals surface area (Å²) >= 11 is 15.1. The van der Waals surface area contributed by atoms with Gasteiger partial charge in [-0.15, -0.1) is 0 Å². The Hall–Kier alpha value is -3.26. The van der Waals surface area contributed by atoms with Gasteiger partial charge in [0.2, 0.25) is 0 Å². The van der Waals surface area contributed by atoms with Crippen molar-refractivity contribution in [1.29, 1.82) is 0 Å². The molecule has 2 heterocycles. The fourth-order valence-electron chi connectivity index (χ4n) is 4.06. The molecular weight excluding hydrogens is 544 g/mol. The highest BCUT2D eigenvalue weighted by atomic mass is 79.9. The van der Waals surface area contributed by atoms with E-state index < -0.39 is 6.04 Å². The Labute approximate surface area is 221 Å². The molecule has 0 saturated carbocycles. The van der Waals surface area contributed by atoms with Gasteiger partial charge >= 0.3 is 0 Å². The molecule has 0 unspecified atom stereocenters. The molecule has 35 heavy (non-hydrogen) atoms. The summed E-state index contributed by atoms with van der Waals surface area (Å²) < 4.78 is 0.955. The minimum absolute atomic E-state index is 0.0504. The molecule has 5 nitrogen and oxygen atoms in total. The second-order valence-electron chi connectivity index (χ2n) is 8.04. The van der Waals surface area contributed by atoms with E-state index >= 15 is 0 Å². The Balaban J connectivity index is 1.37. The van der Waals surface area contributed by atoms with Gasteiger partial charge in [0.25, 0.3) is 5.91 Å². The number of fused-ring (bicyclic) bond motifs is 1. The molecule has 5 rings (SSSR count). The Kier molecular flexibility index (Phi) is 6.81. The normalized spacial score (nSPS) is 17.4. The highest BCUT2D eigenvalue weighted by molar-refractivity contribution is 9.10. The van der Waals surface area contributed by atoms with Crippen molar-refractivity contribution >= 4 is 79.1 Å². The van der Waals surface area contributed by atoms with Gasteiger partial charge in [0.05, 0.1) is 17.2 Å². The van der Waals surface area contributed by atoms with E-state index in [0.29, 0.717) is 10.1 Å². The highest BCUT2D eigenvalue weighted by Crippen LogP contribution is 2.31. The summed E-state index contributed by atoms with van der Waals surface area (Å²) in [6.45, 7) is 0. The molecule has 1 aliphatic rings. The molecule has 1 fully saturated rings. The SMILES string of the molecule is O=C1[C@H](NC(=S)Nc2ccnc3cc(Cl)ccc23)[C@H](/C=C/c2ccccc2)N1c1ccc(Br)cc1. The van der Waals surface area contributed by atoms with Gasteiger partial charge in [0.15, 0.2) is 5.11 Å². The van der Waals surface area contributed by atoms with Crippen LogP contribution in [-0.2, 0) is 4.79 Å². The molecule has 0 aliphatic carbocycles. The number of hydrogen-bond acceptors (Lipinski definition) is 3. The molecule has 0 bridgehead atoms. The van der Waals surface area contributed by atoms with Gasteiger partial charge in [-0.2, -0.15) is 0 Å². The van der Waals surface area contributed by atoms with Crippen LogP contribution in [0.25, 0.3) is 17.0 Å². The number of aromatic nitrogens is 1. The first-order valence-corrected chi connectivity index (χ1v) is 12.5. The zero-order chi connectivity index (χ0) is 24.4. The van der Waals surface area contributed by atoms with Gasteiger partial charge in [0, 0.05) is 26.8 Å². The zero-order valence-electron chi connectivity index (χ0n) is 18.4. The van der Waals surface area contributed by atoms with Crippen molar-refractivity contribution in [1.82, 2.24) is 10.3 Å². The summed E-state index contributed by atoms with van der Waals surface area (Å²) in [4.78, 5) is 19.4. The second-order valence-corrected chi connectivity index (χ2v) is 9.80. The summed E-state index contributed by atoms with van der Waals surface area (Å²) in [6, 6.07) is 24.3. The first-order chi connectivity index (χ1) is 17.0. The maximum atomic E-state index is 13.2. The van der Waals surface area contributed by atoms with Crippen molar-refractivity contribution < 1.29 is 4.79 Å². The number of anilines is 2. The smallest absolute Gasteiger partial charge is 0.252 e. The Morgan fingerprint density at radius 3 is 2.60 bits per heavy atom. The Bertz CT molecular complexity index is 1430. The van der Waals surface area contributed by atoms with E-state index in [1.807, 2.05) is 84.9 Å². The summed E-state index contributed by atoms with van der Waals surface area (Å²) in [5.41, 5.74) is 3.44. The first-order valence-electron chi connectivity index (χ1n) is 10.9. The van der Waals surface area contributed by atoms with Crippen LogP contribution in [-0.4, -0.2) is 28.1 Å². The van der Waals surface area contributed by atoms with Crippen LogP contribution >= 0.6 is 39.7 Å². The molecule has 1 aromatic heterocycles. The molecule has 0 radical (unpaired) electrons. The zero-order valence-corrected chi connectivity index (χ0v) is 21.5. The number of halogens is 2. The molecule has 1 amide bonds. The van der Waals surface area contributed by atoms with Crippen LogP contribution in [0.3, 0.4) is 0 Å². The molecule has 4 aromatic rings. The van der Waals surface area contributed by atoms with Crippen molar-refractivity contribution in [2.24, 2.45) is 0 Å². The number of amides is 1. The number of nitrogens with zero attached hydrogens (tertiary/aromatic N) is 2. The summed E-state index contributed by atoms with van der Waals surface area (Å²) in [5.74, 6) is -0.0504. The Morgan fingerprint density at radius 1 is 1.06 bits per heavy atom. The van der Waals surface area contributed by atoms with E-state index in [1.165, 1.54) is 0 Å². The van der Waals surface area contributed by atoms with E-state index in [4.69, 9.17) is 23.8 Å². The van der Waals surface area contributed by atoms with Crippen LogP contribution < -0.4 is 15.5 Å². The molecule has 174 valence electrons. The lowest BCUT2D eigenvalue weighted by Gasteiger charge is -2.46. The van der Waals surface area contributed by atoms with Crippen LogP contribution in [0.4, 0.5) is 11.4 Å². The molecule has 2 atom stereocenters. The second kappa shape index (κ2) is 10.2. The highest BCUT2D eigenvalue weighted by Gasteiger charge is 2.47. The molecule has 1 aliphatic heterocycles. The molecule has 2 N–H and O–H groups in total. The lowest BCUT2D eigenvalue weighted by molar-refractivity contribution is -0.125. The predicted octanol–water partition coefficient (Wildman–Crippen LogP) is 6.43. The van der Waals surface area contributed by atoms with E-state index in [9.17, 15) is 4.79 Å². The van der Waals surface area contributed by atoms with Crippen LogP contribution in [0.15, 0.2) is 95.6 Å². The number of nitrogens with one attached hydrogen (secondary N) is 2. The number of carbonyl (C=O) groups excluding carboxylic acids is 1. The topological polar surface area (TPSA) is 57.3 Å². The maximum absolute atomic E-state index is 13.2. The van der Waals surface area contributed by atoms with Crippen molar-refractivity contribution in [2.75, 3.05) is 10.2 Å². The number of thiocarbonyl (C=S) groups is 1. The van der Waals surface area contributed by atoms with Crippen molar-refractivity contribution in [3.63, 3.8) is 0 Å². The van der Waals surface area contributed by atoms with E-state index in [0.717, 1.165) is 32.3 Å². The number of carbonyl (C=O) groups is 1. The van der Waals surface area contributed by atoms with Gasteiger partial charge in [-0.1, -0.05) is 70.0 Å². The van der Waals surface area contributed by atoms with Crippen molar-refractivity contribution in [3.8, 4) is 0 Å². The third-order valence-corrected chi connectivity index (χ3v) is 6.76. The fourth-order valence-corrected chi connectivity index (χ4v) is 4.73. The van der Waals surface area contributed by atoms with Crippen LogP contribution in [0.5, 0.6) is 0 Å². The van der Waals surface area contributed by atoms with Crippen LogP contribution in [0.2, 0.25) is 5.02 Å². The largest absolute Gasteiger partial charge is 0.349 e. The predicted molar refractivity (Wildman–Crippen MR) is 151 cm³/mol. The molecule has 8 heteroatoms. The third kappa shape index (κ3) is 5.07. The van der Waals surface area contributed by atoms with Crippen molar-refractivity contribution in [3.05, 3.63) is 106 Å². The number of benzene rings is 3. The van der Waals surface area contributed by atoms with Gasteiger partial charge in [-0.25, -0.2) is 0 Å². The standard InChI is InChI=1S/C27H20BrClN4OS/c28-18-7-10-20(11-8-18)33-24(13-6-17-4-2-1-3-5-17)25(26(33)34)32-27(35)31-22-14-15-30-23-16-19(29)9-12-21(22)23/h1-16,24-25H,(H2,30,31,32,35)/b13-6+/t24-,25+/m0/s1. The maximum Gasteiger partial charge on any atom is 0.252 e. The molecular formula is C27H20BrClN4OS. The van der Waals surface area contributed by atoms with Gasteiger partial charge < -0.3 is 15.5 Å². The van der Waals surface area contributed by atoms with Gasteiger partial charge in [-0.05, 0) is 66.3 Å². The lowest BCUT2D eigenvalue weighted by atomic mass is 9.92. The molecule has 1 saturated heterocycles.